The number of aryl methyl sites for hydroxylation is 1. The van der Waals surface area contributed by atoms with Gasteiger partial charge in [-0.2, -0.15) is 5.10 Å². The van der Waals surface area contributed by atoms with Gasteiger partial charge in [0.15, 0.2) is 5.82 Å². The average molecular weight is 528 g/mol. The van der Waals surface area contributed by atoms with Crippen LogP contribution in [0.3, 0.4) is 0 Å². The Morgan fingerprint density at radius 3 is 2.46 bits per heavy atom. The number of morpholine rings is 1. The van der Waals surface area contributed by atoms with Gasteiger partial charge in [0.25, 0.3) is 0 Å². The van der Waals surface area contributed by atoms with Gasteiger partial charge in [0.05, 0.1) is 24.6 Å². The topological polar surface area (TPSA) is 82.7 Å². The van der Waals surface area contributed by atoms with Crippen molar-refractivity contribution in [3.8, 4) is 16.9 Å². The van der Waals surface area contributed by atoms with E-state index in [9.17, 15) is 4.79 Å². The third-order valence-electron chi connectivity index (χ3n) is 7.08. The summed E-state index contributed by atoms with van der Waals surface area (Å²) in [6, 6.07) is 20.2. The minimum Gasteiger partial charge on any atom is -0.492 e. The maximum Gasteiger partial charge on any atom is 0.232 e. The molecule has 39 heavy (non-hydrogen) atoms. The highest BCUT2D eigenvalue weighted by Crippen LogP contribution is 2.38. The lowest BCUT2D eigenvalue weighted by atomic mass is 9.87. The number of hydrogen-bond acceptors (Lipinski definition) is 6. The van der Waals surface area contributed by atoms with Gasteiger partial charge < -0.3 is 9.47 Å². The number of rotatable bonds is 9. The number of amides is 1. The van der Waals surface area contributed by atoms with Crippen LogP contribution in [-0.2, 0) is 14.9 Å². The number of carbonyl (C=O) groups is 1. The number of nitrogens with zero attached hydrogens (tertiary/aromatic N) is 3. The number of nitrogens with one attached hydrogen (secondary N) is 2. The molecule has 0 radical (unpaired) electrons. The first-order chi connectivity index (χ1) is 18.8. The maximum absolute atomic E-state index is 12.5. The van der Waals surface area contributed by atoms with Crippen LogP contribution in [0.15, 0.2) is 60.7 Å². The number of aromatic amines is 1. The van der Waals surface area contributed by atoms with Crippen molar-refractivity contribution in [3.63, 3.8) is 0 Å². The van der Waals surface area contributed by atoms with Gasteiger partial charge in [0.1, 0.15) is 12.4 Å². The van der Waals surface area contributed by atoms with Crippen molar-refractivity contribution in [2.24, 2.45) is 0 Å². The highest BCUT2D eigenvalue weighted by Gasteiger charge is 2.26. The Hall–Kier alpha value is -3.88. The fourth-order valence-corrected chi connectivity index (χ4v) is 4.93. The number of hydrogen-bond donors (Lipinski definition) is 2. The lowest BCUT2D eigenvalue weighted by molar-refractivity contribution is -0.107. The van der Waals surface area contributed by atoms with Crippen LogP contribution < -0.4 is 15.2 Å². The highest BCUT2D eigenvalue weighted by molar-refractivity contribution is 6.02. The van der Waals surface area contributed by atoms with E-state index in [0.717, 1.165) is 78.3 Å². The molecule has 1 amide bonds. The number of H-pyrrole nitrogens is 1. The minimum absolute atomic E-state index is 0.175. The highest BCUT2D eigenvalue weighted by atomic mass is 16.5. The molecule has 8 heteroatoms. The summed E-state index contributed by atoms with van der Waals surface area (Å²) in [5.74, 6) is 1.38. The molecule has 0 aliphatic carbocycles. The number of anilines is 2. The van der Waals surface area contributed by atoms with Crippen LogP contribution in [0.5, 0.6) is 5.75 Å². The van der Waals surface area contributed by atoms with Gasteiger partial charge in [-0.15, -0.1) is 0 Å². The Kier molecular flexibility index (Phi) is 7.86. The molecule has 1 aliphatic rings. The van der Waals surface area contributed by atoms with Crippen LogP contribution in [-0.4, -0.2) is 61.0 Å². The molecule has 4 aromatic rings. The Bertz CT molecular complexity index is 1420. The molecular weight excluding hydrogens is 490 g/mol. The first-order valence-corrected chi connectivity index (χ1v) is 13.5. The van der Waals surface area contributed by atoms with Crippen molar-refractivity contribution in [1.82, 2.24) is 15.1 Å². The molecule has 1 aromatic heterocycles. The van der Waals surface area contributed by atoms with Crippen LogP contribution in [0.25, 0.3) is 21.9 Å². The van der Waals surface area contributed by atoms with Crippen LogP contribution >= 0.6 is 0 Å². The molecule has 5 rings (SSSR count). The van der Waals surface area contributed by atoms with Crippen molar-refractivity contribution in [1.29, 1.82) is 0 Å². The van der Waals surface area contributed by atoms with Gasteiger partial charge in [0, 0.05) is 41.4 Å². The van der Waals surface area contributed by atoms with Crippen molar-refractivity contribution in [3.05, 3.63) is 71.9 Å². The molecule has 0 saturated carbocycles. The number of hydrazine groups is 1. The van der Waals surface area contributed by atoms with E-state index in [-0.39, 0.29) is 5.41 Å². The summed E-state index contributed by atoms with van der Waals surface area (Å²) in [5.41, 5.74) is 7.98. The van der Waals surface area contributed by atoms with Gasteiger partial charge in [0.2, 0.25) is 6.41 Å². The molecule has 3 aromatic carbocycles. The second kappa shape index (κ2) is 11.5. The lowest BCUT2D eigenvalue weighted by Crippen LogP contribution is -2.38. The third-order valence-corrected chi connectivity index (χ3v) is 7.08. The van der Waals surface area contributed by atoms with E-state index in [1.165, 1.54) is 10.6 Å². The number of aromatic nitrogens is 2. The first-order valence-electron chi connectivity index (χ1n) is 13.5. The molecule has 0 unspecified atom stereocenters. The summed E-state index contributed by atoms with van der Waals surface area (Å²) in [6.07, 6.45) is 0.783. The van der Waals surface area contributed by atoms with Crippen LogP contribution in [0.1, 0.15) is 32.0 Å². The molecule has 0 atom stereocenters. The Morgan fingerprint density at radius 2 is 1.77 bits per heavy atom. The van der Waals surface area contributed by atoms with Crippen molar-refractivity contribution in [2.75, 3.05) is 49.9 Å². The minimum atomic E-state index is -0.175. The molecule has 2 heterocycles. The summed E-state index contributed by atoms with van der Waals surface area (Å²) in [5, 5.41) is 11.2. The number of carbonyl (C=O) groups excluding carboxylic acids is 1. The van der Waals surface area contributed by atoms with Gasteiger partial charge >= 0.3 is 0 Å². The molecule has 1 fully saturated rings. The normalized spacial score (nSPS) is 14.4. The molecule has 8 nitrogen and oxygen atoms in total. The van der Waals surface area contributed by atoms with E-state index in [4.69, 9.17) is 9.47 Å². The number of fused-ring (bicyclic) bond motifs is 1. The third kappa shape index (κ3) is 5.92. The van der Waals surface area contributed by atoms with E-state index in [1.54, 1.807) is 0 Å². The van der Waals surface area contributed by atoms with E-state index < -0.39 is 0 Å². The number of benzene rings is 3. The van der Waals surface area contributed by atoms with E-state index in [2.05, 4.69) is 72.5 Å². The smallest absolute Gasteiger partial charge is 0.232 e. The zero-order valence-electron chi connectivity index (χ0n) is 23.2. The molecule has 0 spiro atoms. The van der Waals surface area contributed by atoms with E-state index in [0.29, 0.717) is 12.4 Å². The second-order valence-corrected chi connectivity index (χ2v) is 11.0. The Balaban J connectivity index is 1.44. The Morgan fingerprint density at radius 1 is 1.05 bits per heavy atom. The summed E-state index contributed by atoms with van der Waals surface area (Å²) in [4.78, 5) is 14.8. The van der Waals surface area contributed by atoms with Crippen LogP contribution in [0, 0.1) is 6.92 Å². The van der Waals surface area contributed by atoms with Crippen molar-refractivity contribution in [2.45, 2.75) is 33.1 Å². The second-order valence-electron chi connectivity index (χ2n) is 11.0. The molecular formula is C31H37N5O3. The van der Waals surface area contributed by atoms with Gasteiger partial charge in [-0.3, -0.25) is 20.2 Å². The maximum atomic E-state index is 12.5. The summed E-state index contributed by atoms with van der Waals surface area (Å²) >= 11 is 0. The molecule has 2 N–H and O–H groups in total. The predicted molar refractivity (Wildman–Crippen MR) is 156 cm³/mol. The van der Waals surface area contributed by atoms with Gasteiger partial charge in [-0.25, -0.2) is 5.01 Å². The monoisotopic (exact) mass is 527 g/mol. The SMILES string of the molecule is Cc1ccc(-c2c(NN(C=O)c3ccc(OCCN4CCOCC4)c4ccccc34)n[nH]c2C(C)(C)C)cc1. The van der Waals surface area contributed by atoms with Gasteiger partial charge in [-0.1, -0.05) is 74.9 Å². The Labute approximate surface area is 229 Å². The standard InChI is InChI=1S/C31H37N5O3/c1-22-9-11-23(12-10-22)28-29(31(2,3)4)32-33-30(28)34-36(21-37)26-13-14-27(25-8-6-5-7-24(25)26)39-20-17-35-15-18-38-19-16-35/h5-14,21H,15-20H2,1-4H3,(H2,32,33,34). The molecule has 0 bridgehead atoms. The van der Waals surface area contributed by atoms with Crippen molar-refractivity contribution < 1.29 is 14.3 Å². The fourth-order valence-electron chi connectivity index (χ4n) is 4.93. The molecule has 1 aliphatic heterocycles. The van der Waals surface area contributed by atoms with Crippen LogP contribution in [0.2, 0.25) is 0 Å². The average Bonchev–Trinajstić information content (AvgIpc) is 3.37. The predicted octanol–water partition coefficient (Wildman–Crippen LogP) is 5.54. The summed E-state index contributed by atoms with van der Waals surface area (Å²) in [7, 11) is 0. The van der Waals surface area contributed by atoms with E-state index >= 15 is 0 Å². The summed E-state index contributed by atoms with van der Waals surface area (Å²) in [6.45, 7) is 13.3. The summed E-state index contributed by atoms with van der Waals surface area (Å²) < 4.78 is 11.6. The lowest BCUT2D eigenvalue weighted by Gasteiger charge is -2.26. The molecule has 204 valence electrons. The number of ether oxygens (including phenoxy) is 2. The zero-order chi connectivity index (χ0) is 27.4. The van der Waals surface area contributed by atoms with E-state index in [1.807, 2.05) is 36.4 Å². The quantitative estimate of drug-likeness (QED) is 0.220. The largest absolute Gasteiger partial charge is 0.492 e. The van der Waals surface area contributed by atoms with Crippen LogP contribution in [0.4, 0.5) is 11.5 Å². The first kappa shape index (κ1) is 26.7. The molecule has 1 saturated heterocycles. The zero-order valence-corrected chi connectivity index (χ0v) is 23.2. The fraction of sp³-hybridized carbons (Fsp3) is 0.355. The van der Waals surface area contributed by atoms with Crippen molar-refractivity contribution >= 4 is 28.7 Å². The van der Waals surface area contributed by atoms with Gasteiger partial charge in [-0.05, 0) is 24.6 Å².